The van der Waals surface area contributed by atoms with Gasteiger partial charge in [-0.15, -0.1) is 0 Å². The van der Waals surface area contributed by atoms with Gasteiger partial charge in [-0.05, 0) is 37.9 Å². The van der Waals surface area contributed by atoms with Crippen LogP contribution in [0.2, 0.25) is 0 Å². The van der Waals surface area contributed by atoms with E-state index in [9.17, 15) is 15.0 Å². The number of benzene rings is 4. The molecule has 0 unspecified atom stereocenters. The van der Waals surface area contributed by atoms with Gasteiger partial charge in [0.2, 0.25) is 5.91 Å². The van der Waals surface area contributed by atoms with Crippen molar-refractivity contribution in [1.29, 1.82) is 0 Å². The van der Waals surface area contributed by atoms with Crippen LogP contribution in [0.4, 0.5) is 0 Å². The Morgan fingerprint density at radius 2 is 1.56 bits per heavy atom. The van der Waals surface area contributed by atoms with Crippen molar-refractivity contribution >= 4 is 38.2 Å². The summed E-state index contributed by atoms with van der Waals surface area (Å²) < 4.78 is 0. The standard InChI is InChI=1S/C23H23NO3/c1-23(2,13-25)21(26)22(27)24-12-17-9-8-16-7-6-14-4-3-5-15-10-11-18(17)20(16)19(14)15/h3-11,21,25-26H,12-13H2,1-2H3,(H,24,27)/t21-/m1/s1. The van der Waals surface area contributed by atoms with Gasteiger partial charge in [0.05, 0.1) is 6.61 Å². The van der Waals surface area contributed by atoms with E-state index in [1.807, 2.05) is 6.07 Å². The quantitative estimate of drug-likeness (QED) is 0.476. The second-order valence-electron chi connectivity index (χ2n) is 7.85. The number of aliphatic hydroxyl groups is 2. The maximum absolute atomic E-state index is 12.3. The molecule has 0 spiro atoms. The largest absolute Gasteiger partial charge is 0.396 e. The molecule has 4 aromatic carbocycles. The molecule has 0 aliphatic heterocycles. The average Bonchev–Trinajstić information content (AvgIpc) is 2.70. The van der Waals surface area contributed by atoms with E-state index in [0.29, 0.717) is 6.54 Å². The minimum absolute atomic E-state index is 0.264. The molecule has 138 valence electrons. The third kappa shape index (κ3) is 2.91. The first-order valence-electron chi connectivity index (χ1n) is 9.14. The van der Waals surface area contributed by atoms with Crippen molar-refractivity contribution in [2.75, 3.05) is 6.61 Å². The van der Waals surface area contributed by atoms with E-state index in [0.717, 1.165) is 10.9 Å². The van der Waals surface area contributed by atoms with Crippen LogP contribution in [0.25, 0.3) is 32.3 Å². The van der Waals surface area contributed by atoms with Crippen LogP contribution >= 0.6 is 0 Å². The van der Waals surface area contributed by atoms with Crippen LogP contribution in [0.5, 0.6) is 0 Å². The highest BCUT2D eigenvalue weighted by Gasteiger charge is 2.32. The van der Waals surface area contributed by atoms with Crippen molar-refractivity contribution < 1.29 is 15.0 Å². The summed E-state index contributed by atoms with van der Waals surface area (Å²) in [7, 11) is 0. The number of carbonyl (C=O) groups excluding carboxylic acids is 1. The molecule has 0 bridgehead atoms. The van der Waals surface area contributed by atoms with Crippen molar-refractivity contribution in [3.63, 3.8) is 0 Å². The summed E-state index contributed by atoms with van der Waals surface area (Å²) in [6, 6.07) is 18.9. The van der Waals surface area contributed by atoms with Crippen LogP contribution in [0, 0.1) is 5.41 Å². The molecular formula is C23H23NO3. The monoisotopic (exact) mass is 361 g/mol. The maximum Gasteiger partial charge on any atom is 0.249 e. The fourth-order valence-corrected chi connectivity index (χ4v) is 3.67. The topological polar surface area (TPSA) is 69.6 Å². The zero-order valence-corrected chi connectivity index (χ0v) is 15.5. The molecule has 4 aromatic rings. The van der Waals surface area contributed by atoms with Gasteiger partial charge in [-0.3, -0.25) is 4.79 Å². The summed E-state index contributed by atoms with van der Waals surface area (Å²) in [5.74, 6) is -0.472. The molecule has 1 atom stereocenters. The van der Waals surface area contributed by atoms with Crippen LogP contribution in [0.1, 0.15) is 19.4 Å². The Morgan fingerprint density at radius 1 is 0.963 bits per heavy atom. The second kappa shape index (κ2) is 6.48. The molecule has 4 nitrogen and oxygen atoms in total. The number of hydrogen-bond acceptors (Lipinski definition) is 3. The SMILES string of the molecule is CC(C)(CO)[C@H](O)C(=O)NCc1ccc2ccc3cccc4ccc1c2c34. The van der Waals surface area contributed by atoms with Crippen LogP contribution < -0.4 is 5.32 Å². The first kappa shape index (κ1) is 17.7. The first-order valence-corrected chi connectivity index (χ1v) is 9.14. The highest BCUT2D eigenvalue weighted by molar-refractivity contribution is 6.23. The van der Waals surface area contributed by atoms with Crippen LogP contribution in [0.3, 0.4) is 0 Å². The van der Waals surface area contributed by atoms with E-state index in [1.54, 1.807) is 13.8 Å². The van der Waals surface area contributed by atoms with E-state index in [-0.39, 0.29) is 6.61 Å². The smallest absolute Gasteiger partial charge is 0.249 e. The molecule has 0 fully saturated rings. The average molecular weight is 361 g/mol. The summed E-state index contributed by atoms with van der Waals surface area (Å²) >= 11 is 0. The van der Waals surface area contributed by atoms with Gasteiger partial charge in [-0.1, -0.05) is 68.4 Å². The zero-order chi connectivity index (χ0) is 19.2. The van der Waals surface area contributed by atoms with Gasteiger partial charge in [0.15, 0.2) is 0 Å². The Labute approximate surface area is 157 Å². The summed E-state index contributed by atoms with van der Waals surface area (Å²) in [5, 5.41) is 29.5. The van der Waals surface area contributed by atoms with Gasteiger partial charge in [-0.25, -0.2) is 0 Å². The predicted octanol–water partition coefficient (Wildman–Crippen LogP) is 3.58. The maximum atomic E-state index is 12.3. The molecule has 4 rings (SSSR count). The molecule has 27 heavy (non-hydrogen) atoms. The Morgan fingerprint density at radius 3 is 2.22 bits per heavy atom. The van der Waals surface area contributed by atoms with Crippen LogP contribution in [-0.4, -0.2) is 28.8 Å². The lowest BCUT2D eigenvalue weighted by molar-refractivity contribution is -0.137. The molecular weight excluding hydrogens is 338 g/mol. The molecule has 0 saturated heterocycles. The number of amides is 1. The number of hydrogen-bond donors (Lipinski definition) is 3. The van der Waals surface area contributed by atoms with E-state index in [4.69, 9.17) is 0 Å². The van der Waals surface area contributed by atoms with E-state index in [2.05, 4.69) is 53.8 Å². The highest BCUT2D eigenvalue weighted by Crippen LogP contribution is 2.35. The van der Waals surface area contributed by atoms with Crippen molar-refractivity contribution in [2.45, 2.75) is 26.5 Å². The second-order valence-corrected chi connectivity index (χ2v) is 7.85. The minimum atomic E-state index is -1.26. The van der Waals surface area contributed by atoms with Crippen LogP contribution in [-0.2, 0) is 11.3 Å². The van der Waals surface area contributed by atoms with Gasteiger partial charge < -0.3 is 15.5 Å². The Kier molecular flexibility index (Phi) is 4.25. The molecule has 1 amide bonds. The lowest BCUT2D eigenvalue weighted by atomic mass is 9.87. The molecule has 3 N–H and O–H groups in total. The third-order valence-electron chi connectivity index (χ3n) is 5.47. The third-order valence-corrected chi connectivity index (χ3v) is 5.47. The zero-order valence-electron chi connectivity index (χ0n) is 15.5. The minimum Gasteiger partial charge on any atom is -0.396 e. The summed E-state index contributed by atoms with van der Waals surface area (Å²) in [6.45, 7) is 3.38. The first-order chi connectivity index (χ1) is 12.9. The molecule has 4 heteroatoms. The van der Waals surface area contributed by atoms with Crippen molar-refractivity contribution in [3.8, 4) is 0 Å². The normalized spacial score (nSPS) is 13.5. The number of carbonyl (C=O) groups is 1. The van der Waals surface area contributed by atoms with Crippen molar-refractivity contribution in [2.24, 2.45) is 5.41 Å². The van der Waals surface area contributed by atoms with Gasteiger partial charge in [0, 0.05) is 12.0 Å². The fourth-order valence-electron chi connectivity index (χ4n) is 3.67. The molecule has 0 aromatic heterocycles. The van der Waals surface area contributed by atoms with Gasteiger partial charge in [0.25, 0.3) is 0 Å². The molecule has 0 heterocycles. The Balaban J connectivity index is 1.72. The Bertz CT molecular complexity index is 1120. The molecule has 0 radical (unpaired) electrons. The lowest BCUT2D eigenvalue weighted by Crippen LogP contribution is -2.45. The summed E-state index contributed by atoms with van der Waals surface area (Å²) in [4.78, 5) is 12.3. The number of nitrogens with one attached hydrogen (secondary N) is 1. The van der Waals surface area contributed by atoms with Gasteiger partial charge >= 0.3 is 0 Å². The van der Waals surface area contributed by atoms with E-state index < -0.39 is 17.4 Å². The van der Waals surface area contributed by atoms with E-state index >= 15 is 0 Å². The Hall–Kier alpha value is -2.69. The molecule has 0 aliphatic rings. The number of rotatable bonds is 5. The predicted molar refractivity (Wildman–Crippen MR) is 109 cm³/mol. The fraction of sp³-hybridized carbons (Fsp3) is 0.261. The summed E-state index contributed by atoms with van der Waals surface area (Å²) in [6.07, 6.45) is -1.26. The van der Waals surface area contributed by atoms with Crippen LogP contribution in [0.15, 0.2) is 54.6 Å². The lowest BCUT2D eigenvalue weighted by Gasteiger charge is -2.27. The summed E-state index contributed by atoms with van der Waals surface area (Å²) in [5.41, 5.74) is 0.121. The van der Waals surface area contributed by atoms with Crippen molar-refractivity contribution in [3.05, 3.63) is 60.2 Å². The molecule has 0 aliphatic carbocycles. The molecule has 0 saturated carbocycles. The highest BCUT2D eigenvalue weighted by atomic mass is 16.3. The van der Waals surface area contributed by atoms with Gasteiger partial charge in [0.1, 0.15) is 6.10 Å². The number of aliphatic hydroxyl groups excluding tert-OH is 2. The van der Waals surface area contributed by atoms with Crippen molar-refractivity contribution in [1.82, 2.24) is 5.32 Å². The van der Waals surface area contributed by atoms with Gasteiger partial charge in [-0.2, -0.15) is 0 Å². The van der Waals surface area contributed by atoms with E-state index in [1.165, 1.54) is 26.9 Å².